The van der Waals surface area contributed by atoms with Gasteiger partial charge in [-0.3, -0.25) is 4.79 Å². The van der Waals surface area contributed by atoms with Gasteiger partial charge in [0.25, 0.3) is 5.91 Å². The van der Waals surface area contributed by atoms with Crippen LogP contribution in [0.2, 0.25) is 0 Å². The van der Waals surface area contributed by atoms with E-state index in [0.717, 1.165) is 13.0 Å². The van der Waals surface area contributed by atoms with Gasteiger partial charge in [0.05, 0.1) is 24.1 Å². The third kappa shape index (κ3) is 4.60. The minimum atomic E-state index is -4.61. The summed E-state index contributed by atoms with van der Waals surface area (Å²) in [4.78, 5) is 30.3. The van der Waals surface area contributed by atoms with Crippen LogP contribution in [0.1, 0.15) is 41.6 Å². The molecule has 2 heterocycles. The van der Waals surface area contributed by atoms with E-state index >= 15 is 0 Å². The van der Waals surface area contributed by atoms with Gasteiger partial charge >= 0.3 is 12.2 Å². The zero-order chi connectivity index (χ0) is 22.9. The molecule has 0 saturated carbocycles. The average Bonchev–Trinajstić information content (AvgIpc) is 3.13. The Morgan fingerprint density at radius 1 is 1.35 bits per heavy atom. The number of nitrogens with zero attached hydrogens (tertiary/aromatic N) is 4. The predicted octanol–water partition coefficient (Wildman–Crippen LogP) is 3.18. The fourth-order valence-corrected chi connectivity index (χ4v) is 3.16. The van der Waals surface area contributed by atoms with E-state index in [-0.39, 0.29) is 41.8 Å². The molecule has 1 aliphatic heterocycles. The van der Waals surface area contributed by atoms with Crippen molar-refractivity contribution in [2.45, 2.75) is 38.7 Å². The van der Waals surface area contributed by atoms with Gasteiger partial charge in [0.1, 0.15) is 17.9 Å². The lowest BCUT2D eigenvalue weighted by Crippen LogP contribution is -2.45. The number of hydrogen-bond acceptors (Lipinski definition) is 4. The van der Waals surface area contributed by atoms with Crippen LogP contribution < -0.4 is 10.6 Å². The van der Waals surface area contributed by atoms with Crippen LogP contribution in [0.15, 0.2) is 24.5 Å². The van der Waals surface area contributed by atoms with Gasteiger partial charge in [0.2, 0.25) is 0 Å². The second-order valence-corrected chi connectivity index (χ2v) is 7.15. The second kappa shape index (κ2) is 8.25. The zero-order valence-electron chi connectivity index (χ0n) is 16.5. The molecule has 1 aromatic carbocycles. The Bertz CT molecular complexity index is 1060. The first-order valence-electron chi connectivity index (χ1n) is 9.20. The molecular formula is C19H18F4N6O2. The Hall–Kier alpha value is -3.62. The van der Waals surface area contributed by atoms with E-state index < -0.39 is 30.0 Å². The van der Waals surface area contributed by atoms with E-state index in [1.165, 1.54) is 23.4 Å². The Morgan fingerprint density at radius 2 is 2.06 bits per heavy atom. The highest BCUT2D eigenvalue weighted by molar-refractivity contribution is 5.94. The summed E-state index contributed by atoms with van der Waals surface area (Å²) in [6.45, 7) is 2.74. The molecule has 2 N–H and O–H groups in total. The van der Waals surface area contributed by atoms with Gasteiger partial charge < -0.3 is 20.1 Å². The van der Waals surface area contributed by atoms with Gasteiger partial charge in [-0.05, 0) is 32.0 Å². The van der Waals surface area contributed by atoms with Crippen LogP contribution in [0.3, 0.4) is 0 Å². The molecule has 2 aromatic rings. The van der Waals surface area contributed by atoms with E-state index in [9.17, 15) is 27.2 Å². The summed E-state index contributed by atoms with van der Waals surface area (Å²) in [5.41, 5.74) is 0.0545. The van der Waals surface area contributed by atoms with Crippen LogP contribution in [0.25, 0.3) is 0 Å². The molecule has 8 nitrogen and oxygen atoms in total. The molecule has 1 aromatic heterocycles. The molecule has 3 rings (SSSR count). The summed E-state index contributed by atoms with van der Waals surface area (Å²) in [5.74, 6) is -1.72. The average molecular weight is 438 g/mol. The summed E-state index contributed by atoms with van der Waals surface area (Å²) in [5, 5.41) is 13.3. The van der Waals surface area contributed by atoms with Gasteiger partial charge in [-0.25, -0.2) is 14.2 Å². The summed E-state index contributed by atoms with van der Waals surface area (Å²) in [6.07, 6.45) is -3.26. The van der Waals surface area contributed by atoms with Crippen molar-refractivity contribution in [1.29, 1.82) is 5.26 Å². The van der Waals surface area contributed by atoms with Gasteiger partial charge in [0, 0.05) is 18.3 Å². The minimum absolute atomic E-state index is 0.0778. The molecule has 3 amide bonds. The molecular weight excluding hydrogens is 420 g/mol. The fourth-order valence-electron chi connectivity index (χ4n) is 3.16. The number of aromatic nitrogens is 2. The Kier molecular flexibility index (Phi) is 5.88. The number of benzene rings is 1. The standard InChI is InChI=1S/C19H18F4N6O2/c1-10-7-28(18(31)27-13-3-4-14(20)12(5-13)6-24)8-15-16(25-9-29(10)15)17(30)26-11(2)19(21,22)23/h3-5,9-11H,7-8H2,1-2H3,(H,26,30)(H,27,31)/t10-,11-/m1/s1. The number of halogens is 4. The van der Waals surface area contributed by atoms with E-state index in [1.54, 1.807) is 17.6 Å². The normalized spacial score (nSPS) is 16.8. The highest BCUT2D eigenvalue weighted by Crippen LogP contribution is 2.25. The van der Waals surface area contributed by atoms with Crippen molar-refractivity contribution in [3.8, 4) is 6.07 Å². The molecule has 164 valence electrons. The fraction of sp³-hybridized carbons (Fsp3) is 0.368. The highest BCUT2D eigenvalue weighted by Gasteiger charge is 2.38. The molecule has 0 radical (unpaired) electrons. The van der Waals surface area contributed by atoms with Crippen molar-refractivity contribution in [1.82, 2.24) is 19.8 Å². The van der Waals surface area contributed by atoms with Crippen molar-refractivity contribution in [2.75, 3.05) is 11.9 Å². The van der Waals surface area contributed by atoms with E-state index in [0.29, 0.717) is 0 Å². The molecule has 12 heteroatoms. The molecule has 0 fully saturated rings. The molecule has 31 heavy (non-hydrogen) atoms. The smallest absolute Gasteiger partial charge is 0.339 e. The molecule has 0 bridgehead atoms. The van der Waals surface area contributed by atoms with Crippen molar-refractivity contribution < 1.29 is 27.2 Å². The van der Waals surface area contributed by atoms with Crippen LogP contribution in [0, 0.1) is 17.1 Å². The van der Waals surface area contributed by atoms with Gasteiger partial charge in [-0.15, -0.1) is 0 Å². The van der Waals surface area contributed by atoms with Gasteiger partial charge in [0.15, 0.2) is 5.69 Å². The Morgan fingerprint density at radius 3 is 2.71 bits per heavy atom. The number of amides is 3. The maximum absolute atomic E-state index is 13.5. The Labute approximate surface area is 174 Å². The third-order valence-corrected chi connectivity index (χ3v) is 4.88. The largest absolute Gasteiger partial charge is 0.408 e. The van der Waals surface area contributed by atoms with Gasteiger partial charge in [-0.1, -0.05) is 0 Å². The molecule has 0 spiro atoms. The molecule has 0 aliphatic carbocycles. The first-order valence-corrected chi connectivity index (χ1v) is 9.20. The summed E-state index contributed by atoms with van der Waals surface area (Å²) >= 11 is 0. The predicted molar refractivity (Wildman–Crippen MR) is 100 cm³/mol. The number of rotatable bonds is 3. The van der Waals surface area contributed by atoms with Crippen LogP contribution in [-0.2, 0) is 6.54 Å². The first-order chi connectivity index (χ1) is 14.5. The lowest BCUT2D eigenvalue weighted by Gasteiger charge is -2.33. The minimum Gasteiger partial charge on any atom is -0.339 e. The summed E-state index contributed by atoms with van der Waals surface area (Å²) in [6, 6.07) is 2.26. The van der Waals surface area contributed by atoms with Crippen molar-refractivity contribution in [2.24, 2.45) is 0 Å². The molecule has 0 unspecified atom stereocenters. The maximum atomic E-state index is 13.5. The first kappa shape index (κ1) is 22.1. The van der Waals surface area contributed by atoms with Crippen molar-refractivity contribution >= 4 is 17.6 Å². The number of imidazole rings is 1. The third-order valence-electron chi connectivity index (χ3n) is 4.88. The van der Waals surface area contributed by atoms with Crippen LogP contribution in [-0.4, -0.2) is 45.2 Å². The number of carbonyl (C=O) groups is 2. The van der Waals surface area contributed by atoms with Crippen molar-refractivity contribution in [3.05, 3.63) is 47.3 Å². The van der Waals surface area contributed by atoms with Crippen LogP contribution in [0.4, 0.5) is 28.0 Å². The summed E-state index contributed by atoms with van der Waals surface area (Å²) < 4.78 is 53.4. The number of alkyl halides is 3. The highest BCUT2D eigenvalue weighted by atomic mass is 19.4. The number of nitrogens with one attached hydrogen (secondary N) is 2. The number of anilines is 1. The topological polar surface area (TPSA) is 103 Å². The van der Waals surface area contributed by atoms with E-state index in [2.05, 4.69) is 10.3 Å². The molecule has 1 aliphatic rings. The quantitative estimate of drug-likeness (QED) is 0.719. The molecule has 2 atom stereocenters. The van der Waals surface area contributed by atoms with Crippen LogP contribution in [0.5, 0.6) is 0 Å². The number of nitriles is 1. The second-order valence-electron chi connectivity index (χ2n) is 7.15. The number of hydrogen-bond donors (Lipinski definition) is 2. The monoisotopic (exact) mass is 438 g/mol. The maximum Gasteiger partial charge on any atom is 0.408 e. The van der Waals surface area contributed by atoms with Crippen LogP contribution >= 0.6 is 0 Å². The van der Waals surface area contributed by atoms with Crippen molar-refractivity contribution in [3.63, 3.8) is 0 Å². The Balaban J connectivity index is 1.78. The molecule has 0 saturated heterocycles. The SMILES string of the molecule is C[C@@H]1CN(C(=O)Nc2ccc(F)c(C#N)c2)Cc2c(C(=O)N[C@H](C)C(F)(F)F)ncn21. The number of carbonyl (C=O) groups excluding carboxylic acids is 2. The lowest BCUT2D eigenvalue weighted by atomic mass is 10.1. The lowest BCUT2D eigenvalue weighted by molar-refractivity contribution is -0.149. The van der Waals surface area contributed by atoms with E-state index in [1.807, 2.05) is 5.32 Å². The number of urea groups is 1. The zero-order valence-corrected chi connectivity index (χ0v) is 16.5. The van der Waals surface area contributed by atoms with E-state index in [4.69, 9.17) is 5.26 Å². The summed E-state index contributed by atoms with van der Waals surface area (Å²) in [7, 11) is 0. The number of fused-ring (bicyclic) bond motifs is 1. The van der Waals surface area contributed by atoms with Gasteiger partial charge in [-0.2, -0.15) is 18.4 Å².